The van der Waals surface area contributed by atoms with Crippen LogP contribution in [0.2, 0.25) is 0 Å². The van der Waals surface area contributed by atoms with Crippen LogP contribution in [0, 0.1) is 0 Å². The van der Waals surface area contributed by atoms with E-state index in [1.54, 1.807) is 7.05 Å². The zero-order valence-corrected chi connectivity index (χ0v) is 21.9. The minimum Gasteiger partial charge on any atom is -0.368 e. The van der Waals surface area contributed by atoms with Crippen molar-refractivity contribution in [2.24, 2.45) is 14.1 Å². The maximum Gasteiger partial charge on any atom is 0.332 e. The number of hydrogen-bond donors (Lipinski definition) is 0. The number of piperazine rings is 1. The molecule has 10 heteroatoms. The summed E-state index contributed by atoms with van der Waals surface area (Å²) in [5, 5.41) is 0.243. The Labute approximate surface area is 208 Å². The molecule has 1 aromatic carbocycles. The molecule has 0 bridgehead atoms. The number of nitrogens with zero attached hydrogens (tertiary/aromatic N) is 6. The summed E-state index contributed by atoms with van der Waals surface area (Å²) in [6.07, 6.45) is 0. The number of anilines is 1. The van der Waals surface area contributed by atoms with Gasteiger partial charge in [-0.3, -0.25) is 18.7 Å². The summed E-state index contributed by atoms with van der Waals surface area (Å²) in [4.78, 5) is 52.4. The Kier molecular flexibility index (Phi) is 6.77. The second-order valence-electron chi connectivity index (χ2n) is 9.91. The lowest BCUT2D eigenvalue weighted by atomic mass is 9.96. The fraction of sp³-hybridized carbons (Fsp3) is 0.480. The van der Waals surface area contributed by atoms with Crippen molar-refractivity contribution in [1.82, 2.24) is 24.0 Å². The Morgan fingerprint density at radius 3 is 2.20 bits per heavy atom. The molecule has 0 radical (unpaired) electrons. The third-order valence-electron chi connectivity index (χ3n) is 6.29. The number of thioether (sulfide) groups is 1. The van der Waals surface area contributed by atoms with E-state index in [0.29, 0.717) is 23.9 Å². The molecule has 0 saturated carbocycles. The maximum absolute atomic E-state index is 13.3. The predicted molar refractivity (Wildman–Crippen MR) is 139 cm³/mol. The lowest BCUT2D eigenvalue weighted by Crippen LogP contribution is -2.50. The normalized spacial score (nSPS) is 15.5. The molecular formula is C25H32N6O3S. The Bertz CT molecular complexity index is 1370. The highest BCUT2D eigenvalue weighted by atomic mass is 32.2. The number of amides is 1. The Balaban J connectivity index is 1.62. The van der Waals surface area contributed by atoms with Gasteiger partial charge in [0.05, 0.1) is 5.25 Å². The highest BCUT2D eigenvalue weighted by Crippen LogP contribution is 2.30. The molecule has 3 aromatic rings. The van der Waals surface area contributed by atoms with Crippen LogP contribution in [0.4, 0.5) is 5.69 Å². The number of carbonyl (C=O) groups excluding carboxylic acids is 1. The van der Waals surface area contributed by atoms with E-state index < -0.39 is 21.9 Å². The van der Waals surface area contributed by atoms with Crippen molar-refractivity contribution in [2.45, 2.75) is 43.4 Å². The van der Waals surface area contributed by atoms with Crippen LogP contribution < -0.4 is 16.1 Å². The number of rotatable bonds is 4. The zero-order valence-electron chi connectivity index (χ0n) is 21.1. The number of carbonyl (C=O) groups is 1. The number of benzene rings is 1. The van der Waals surface area contributed by atoms with Crippen molar-refractivity contribution in [3.05, 3.63) is 57.0 Å². The van der Waals surface area contributed by atoms with Crippen LogP contribution in [0.25, 0.3) is 11.0 Å². The van der Waals surface area contributed by atoms with Gasteiger partial charge in [0.1, 0.15) is 16.2 Å². The molecule has 1 saturated heterocycles. The van der Waals surface area contributed by atoms with Crippen molar-refractivity contribution in [3.63, 3.8) is 0 Å². The molecule has 3 heterocycles. The van der Waals surface area contributed by atoms with Gasteiger partial charge in [0, 0.05) is 51.4 Å². The van der Waals surface area contributed by atoms with Crippen molar-refractivity contribution >= 4 is 34.4 Å². The van der Waals surface area contributed by atoms with Crippen LogP contribution in [0.5, 0.6) is 0 Å². The first-order valence-corrected chi connectivity index (χ1v) is 12.6. The van der Waals surface area contributed by atoms with Gasteiger partial charge in [0.2, 0.25) is 5.91 Å². The van der Waals surface area contributed by atoms with E-state index >= 15 is 0 Å². The Hall–Kier alpha value is -3.14. The first-order chi connectivity index (χ1) is 16.5. The van der Waals surface area contributed by atoms with Gasteiger partial charge in [0.25, 0.3) is 5.56 Å². The van der Waals surface area contributed by atoms with Gasteiger partial charge in [-0.05, 0) is 19.1 Å². The molecule has 9 nitrogen and oxygen atoms in total. The Morgan fingerprint density at radius 2 is 1.60 bits per heavy atom. The van der Waals surface area contributed by atoms with Crippen LogP contribution in [0.1, 0.15) is 33.5 Å². The van der Waals surface area contributed by atoms with Gasteiger partial charge in [-0.2, -0.15) is 0 Å². The van der Waals surface area contributed by atoms with E-state index in [9.17, 15) is 14.4 Å². The van der Waals surface area contributed by atoms with Gasteiger partial charge in [-0.15, -0.1) is 0 Å². The average molecular weight is 497 g/mol. The molecule has 0 N–H and O–H groups in total. The van der Waals surface area contributed by atoms with Crippen LogP contribution in [-0.4, -0.2) is 61.3 Å². The van der Waals surface area contributed by atoms with Crippen LogP contribution in [0.15, 0.2) is 44.9 Å². The summed E-state index contributed by atoms with van der Waals surface area (Å²) in [6, 6.07) is 10.2. The second kappa shape index (κ2) is 9.49. The minimum absolute atomic E-state index is 0.00780. The van der Waals surface area contributed by atoms with Crippen LogP contribution in [-0.2, 0) is 24.3 Å². The summed E-state index contributed by atoms with van der Waals surface area (Å²) in [6.45, 7) is 10.6. The molecule has 35 heavy (non-hydrogen) atoms. The summed E-state index contributed by atoms with van der Waals surface area (Å²) in [5.41, 5.74) is 0.142. The third-order valence-corrected chi connectivity index (χ3v) is 7.36. The van der Waals surface area contributed by atoms with Crippen molar-refractivity contribution < 1.29 is 4.79 Å². The van der Waals surface area contributed by atoms with Crippen molar-refractivity contribution in [1.29, 1.82) is 0 Å². The quantitative estimate of drug-likeness (QED) is 0.404. The molecule has 2 aromatic heterocycles. The lowest BCUT2D eigenvalue weighted by Gasteiger charge is -2.37. The maximum atomic E-state index is 13.3. The van der Waals surface area contributed by atoms with Gasteiger partial charge in [0.15, 0.2) is 5.65 Å². The van der Waals surface area contributed by atoms with Gasteiger partial charge in [-0.1, -0.05) is 50.7 Å². The first-order valence-electron chi connectivity index (χ1n) is 11.7. The highest BCUT2D eigenvalue weighted by molar-refractivity contribution is 8.00. The van der Waals surface area contributed by atoms with Gasteiger partial charge < -0.3 is 9.80 Å². The number of aromatic nitrogens is 4. The third kappa shape index (κ3) is 4.84. The number of aryl methyl sites for hydroxylation is 1. The fourth-order valence-electron chi connectivity index (χ4n) is 4.15. The van der Waals surface area contributed by atoms with Gasteiger partial charge >= 0.3 is 5.69 Å². The van der Waals surface area contributed by atoms with E-state index in [1.165, 1.54) is 23.4 Å². The topological polar surface area (TPSA) is 93.3 Å². The van der Waals surface area contributed by atoms with Crippen molar-refractivity contribution in [3.8, 4) is 0 Å². The summed E-state index contributed by atoms with van der Waals surface area (Å²) >= 11 is 1.26. The molecule has 4 rings (SSSR count). The lowest BCUT2D eigenvalue weighted by molar-refractivity contribution is -0.130. The molecule has 1 atom stereocenters. The number of para-hydroxylation sites is 1. The molecule has 0 aliphatic carbocycles. The summed E-state index contributed by atoms with van der Waals surface area (Å²) < 4.78 is 2.43. The number of hydrogen-bond acceptors (Lipinski definition) is 7. The van der Waals surface area contributed by atoms with E-state index in [1.807, 2.05) is 50.8 Å². The molecule has 1 unspecified atom stereocenters. The fourth-order valence-corrected chi connectivity index (χ4v) is 5.17. The highest BCUT2D eigenvalue weighted by Gasteiger charge is 2.29. The van der Waals surface area contributed by atoms with Crippen LogP contribution in [0.3, 0.4) is 0 Å². The molecular weight excluding hydrogens is 464 g/mol. The standard InChI is InChI=1S/C25H32N6O3S/c1-16(21(32)31-14-12-30(13-15-31)17-10-8-7-9-11-17)35-20-18-19(26-23(27-20)25(2,3)4)28(5)24(34)29(6)22(18)33/h7-11,16H,12-15H2,1-6H3. The molecule has 1 aliphatic heterocycles. The predicted octanol–water partition coefficient (Wildman–Crippen LogP) is 2.15. The second-order valence-corrected chi connectivity index (χ2v) is 11.2. The molecule has 1 amide bonds. The average Bonchev–Trinajstić information content (AvgIpc) is 2.85. The molecule has 1 aliphatic rings. The summed E-state index contributed by atoms with van der Waals surface area (Å²) in [5.74, 6) is 0.528. The number of fused-ring (bicyclic) bond motifs is 1. The minimum atomic E-state index is -0.456. The van der Waals surface area contributed by atoms with Crippen LogP contribution >= 0.6 is 11.8 Å². The van der Waals surface area contributed by atoms with Gasteiger partial charge in [-0.25, -0.2) is 14.8 Å². The molecule has 1 fully saturated rings. The largest absolute Gasteiger partial charge is 0.368 e. The zero-order chi connectivity index (χ0) is 25.5. The smallest absolute Gasteiger partial charge is 0.332 e. The van der Waals surface area contributed by atoms with E-state index in [2.05, 4.69) is 22.0 Å². The monoisotopic (exact) mass is 496 g/mol. The molecule has 186 valence electrons. The van der Waals surface area contributed by atoms with Crippen molar-refractivity contribution in [2.75, 3.05) is 31.1 Å². The summed E-state index contributed by atoms with van der Waals surface area (Å²) in [7, 11) is 3.04. The first kappa shape index (κ1) is 25.0. The van der Waals surface area contributed by atoms with E-state index in [4.69, 9.17) is 4.98 Å². The van der Waals surface area contributed by atoms with E-state index in [0.717, 1.165) is 23.3 Å². The van der Waals surface area contributed by atoms with E-state index in [-0.39, 0.29) is 16.9 Å². The SMILES string of the molecule is CC(Sc1nc(C(C)(C)C)nc2c1c(=O)n(C)c(=O)n2C)C(=O)N1CCN(c2ccccc2)CC1. The molecule has 0 spiro atoms. The Morgan fingerprint density at radius 1 is 0.971 bits per heavy atom.